The summed E-state index contributed by atoms with van der Waals surface area (Å²) in [5.74, 6) is 0. The van der Waals surface area contributed by atoms with Gasteiger partial charge in [-0.2, -0.15) is 0 Å². The number of rotatable bonds is 7. The monoisotopic (exact) mass is 172 g/mol. The summed E-state index contributed by atoms with van der Waals surface area (Å²) in [6, 6.07) is 0.685. The van der Waals surface area contributed by atoms with Crippen LogP contribution in [0.2, 0.25) is 0 Å². The lowest BCUT2D eigenvalue weighted by Gasteiger charge is -2.11. The number of nitrogens with one attached hydrogen (secondary N) is 1. The smallest absolute Gasteiger partial charge is 0.00357 e. The summed E-state index contributed by atoms with van der Waals surface area (Å²) in [5, 5.41) is 3.25. The normalized spacial score (nSPS) is 13.8. The van der Waals surface area contributed by atoms with Crippen LogP contribution in [0.5, 0.6) is 0 Å². The summed E-state index contributed by atoms with van der Waals surface area (Å²) in [6.07, 6.45) is 5.37. The molecule has 0 amide bonds. The van der Waals surface area contributed by atoms with E-state index in [0.29, 0.717) is 6.04 Å². The fraction of sp³-hybridized carbons (Fsp3) is 1.00. The summed E-state index contributed by atoms with van der Waals surface area (Å²) >= 11 is 0. The molecule has 0 aliphatic carbocycles. The molecule has 74 valence electrons. The first-order valence-corrected chi connectivity index (χ1v) is 4.98. The molecule has 0 aliphatic heterocycles. The van der Waals surface area contributed by atoms with Crippen molar-refractivity contribution in [3.63, 3.8) is 0 Å². The van der Waals surface area contributed by atoms with Crippen LogP contribution in [0.3, 0.4) is 0 Å². The van der Waals surface area contributed by atoms with Crippen LogP contribution in [0.4, 0.5) is 0 Å². The van der Waals surface area contributed by atoms with E-state index in [1.807, 2.05) is 7.05 Å². The van der Waals surface area contributed by atoms with Crippen molar-refractivity contribution in [1.82, 2.24) is 10.2 Å². The number of unbranched alkanes of at least 4 members (excludes halogenated alkanes) is 2. The second kappa shape index (κ2) is 7.56. The Hall–Kier alpha value is -0.0800. The van der Waals surface area contributed by atoms with E-state index in [1.165, 1.54) is 32.2 Å². The molecule has 0 rings (SSSR count). The quantitative estimate of drug-likeness (QED) is 0.588. The van der Waals surface area contributed by atoms with Gasteiger partial charge in [-0.25, -0.2) is 0 Å². The molecule has 0 aliphatic rings. The molecule has 0 aromatic heterocycles. The largest absolute Gasteiger partial charge is 0.317 e. The highest BCUT2D eigenvalue weighted by molar-refractivity contribution is 4.57. The summed E-state index contributed by atoms with van der Waals surface area (Å²) < 4.78 is 0. The zero-order chi connectivity index (χ0) is 9.40. The van der Waals surface area contributed by atoms with E-state index in [9.17, 15) is 0 Å². The van der Waals surface area contributed by atoms with Gasteiger partial charge in [-0.15, -0.1) is 0 Å². The highest BCUT2D eigenvalue weighted by Gasteiger charge is 1.97. The predicted octanol–water partition coefficient (Wildman–Crippen LogP) is 1.72. The Morgan fingerprint density at radius 3 is 2.33 bits per heavy atom. The maximum absolute atomic E-state index is 3.25. The number of hydrogen-bond acceptors (Lipinski definition) is 2. The molecule has 0 spiro atoms. The summed E-state index contributed by atoms with van der Waals surface area (Å²) in [5.41, 5.74) is 0. The van der Waals surface area contributed by atoms with E-state index >= 15 is 0 Å². The van der Waals surface area contributed by atoms with E-state index in [1.54, 1.807) is 0 Å². The molecule has 0 bridgehead atoms. The minimum absolute atomic E-state index is 0.685. The first-order valence-electron chi connectivity index (χ1n) is 4.98. The van der Waals surface area contributed by atoms with Crippen molar-refractivity contribution in [2.75, 3.05) is 27.7 Å². The van der Waals surface area contributed by atoms with E-state index < -0.39 is 0 Å². The second-order valence-electron chi connectivity index (χ2n) is 3.84. The third-order valence-corrected chi connectivity index (χ3v) is 2.24. The SMILES string of the molecule is CNC(C)CCCCCN(C)C. The fourth-order valence-corrected chi connectivity index (χ4v) is 1.20. The van der Waals surface area contributed by atoms with Crippen LogP contribution in [0, 0.1) is 0 Å². The molecule has 0 radical (unpaired) electrons. The third-order valence-electron chi connectivity index (χ3n) is 2.24. The molecule has 12 heavy (non-hydrogen) atoms. The standard InChI is InChI=1S/C10H24N2/c1-10(11-2)8-6-5-7-9-12(3)4/h10-11H,5-9H2,1-4H3. The Morgan fingerprint density at radius 1 is 1.17 bits per heavy atom. The minimum Gasteiger partial charge on any atom is -0.317 e. The van der Waals surface area contributed by atoms with Crippen molar-refractivity contribution in [1.29, 1.82) is 0 Å². The average molecular weight is 172 g/mol. The Bertz CT molecular complexity index is 91.8. The van der Waals surface area contributed by atoms with Crippen molar-refractivity contribution in [3.8, 4) is 0 Å². The molecule has 2 heteroatoms. The Balaban J connectivity index is 3.00. The van der Waals surface area contributed by atoms with E-state index in [-0.39, 0.29) is 0 Å². The minimum atomic E-state index is 0.685. The van der Waals surface area contributed by atoms with Gasteiger partial charge in [0.2, 0.25) is 0 Å². The number of hydrogen-bond donors (Lipinski definition) is 1. The summed E-state index contributed by atoms with van der Waals surface area (Å²) in [7, 11) is 6.30. The van der Waals surface area contributed by atoms with Gasteiger partial charge in [-0.05, 0) is 47.5 Å². The van der Waals surface area contributed by atoms with Crippen LogP contribution >= 0.6 is 0 Å². The lowest BCUT2D eigenvalue weighted by atomic mass is 10.1. The molecule has 1 N–H and O–H groups in total. The summed E-state index contributed by atoms with van der Waals surface area (Å²) in [4.78, 5) is 2.25. The highest BCUT2D eigenvalue weighted by Crippen LogP contribution is 2.03. The fourth-order valence-electron chi connectivity index (χ4n) is 1.20. The van der Waals surface area contributed by atoms with Gasteiger partial charge >= 0.3 is 0 Å². The Labute approximate surface area is 77.3 Å². The van der Waals surface area contributed by atoms with Crippen LogP contribution in [0.1, 0.15) is 32.6 Å². The van der Waals surface area contributed by atoms with Gasteiger partial charge in [-0.1, -0.05) is 12.8 Å². The van der Waals surface area contributed by atoms with Crippen molar-refractivity contribution in [3.05, 3.63) is 0 Å². The van der Waals surface area contributed by atoms with Gasteiger partial charge < -0.3 is 10.2 Å². The molecule has 2 nitrogen and oxygen atoms in total. The van der Waals surface area contributed by atoms with Gasteiger partial charge in [0, 0.05) is 6.04 Å². The van der Waals surface area contributed by atoms with Crippen molar-refractivity contribution >= 4 is 0 Å². The van der Waals surface area contributed by atoms with Crippen LogP contribution in [-0.2, 0) is 0 Å². The average Bonchev–Trinajstić information content (AvgIpc) is 2.03. The molecule has 1 unspecified atom stereocenters. The molecular formula is C10H24N2. The van der Waals surface area contributed by atoms with Gasteiger partial charge in [-0.3, -0.25) is 0 Å². The molecule has 0 aromatic rings. The van der Waals surface area contributed by atoms with Gasteiger partial charge in [0.25, 0.3) is 0 Å². The van der Waals surface area contributed by atoms with Crippen molar-refractivity contribution < 1.29 is 0 Å². The molecule has 1 atom stereocenters. The van der Waals surface area contributed by atoms with E-state index in [2.05, 4.69) is 31.2 Å². The van der Waals surface area contributed by atoms with Crippen LogP contribution in [0.15, 0.2) is 0 Å². The highest BCUT2D eigenvalue weighted by atomic mass is 15.0. The van der Waals surface area contributed by atoms with Crippen LogP contribution in [0.25, 0.3) is 0 Å². The maximum atomic E-state index is 3.25. The Morgan fingerprint density at radius 2 is 1.83 bits per heavy atom. The van der Waals surface area contributed by atoms with E-state index in [4.69, 9.17) is 0 Å². The van der Waals surface area contributed by atoms with Crippen LogP contribution < -0.4 is 5.32 Å². The lowest BCUT2D eigenvalue weighted by molar-refractivity contribution is 0.386. The van der Waals surface area contributed by atoms with Gasteiger partial charge in [0.15, 0.2) is 0 Å². The van der Waals surface area contributed by atoms with E-state index in [0.717, 1.165) is 0 Å². The Kier molecular flexibility index (Phi) is 7.51. The molecule has 0 saturated heterocycles. The maximum Gasteiger partial charge on any atom is 0.00357 e. The topological polar surface area (TPSA) is 15.3 Å². The van der Waals surface area contributed by atoms with Gasteiger partial charge in [0.05, 0.1) is 0 Å². The molecule has 0 heterocycles. The molecular weight excluding hydrogens is 148 g/mol. The van der Waals surface area contributed by atoms with Crippen molar-refractivity contribution in [2.45, 2.75) is 38.6 Å². The first kappa shape index (κ1) is 11.9. The third kappa shape index (κ3) is 8.02. The zero-order valence-corrected chi connectivity index (χ0v) is 9.06. The molecule has 0 saturated carbocycles. The lowest BCUT2D eigenvalue weighted by Crippen LogP contribution is -2.20. The molecule has 0 fully saturated rings. The first-order chi connectivity index (χ1) is 5.66. The zero-order valence-electron chi connectivity index (χ0n) is 9.06. The molecule has 0 aromatic carbocycles. The predicted molar refractivity (Wildman–Crippen MR) is 55.5 cm³/mol. The second-order valence-corrected chi connectivity index (χ2v) is 3.84. The van der Waals surface area contributed by atoms with Gasteiger partial charge in [0.1, 0.15) is 0 Å². The van der Waals surface area contributed by atoms with Crippen LogP contribution in [-0.4, -0.2) is 38.6 Å². The number of nitrogens with zero attached hydrogens (tertiary/aromatic N) is 1. The summed E-state index contributed by atoms with van der Waals surface area (Å²) in [6.45, 7) is 3.47. The van der Waals surface area contributed by atoms with Crippen molar-refractivity contribution in [2.24, 2.45) is 0 Å².